The van der Waals surface area contributed by atoms with Gasteiger partial charge in [0.2, 0.25) is 5.91 Å². The zero-order valence-electron chi connectivity index (χ0n) is 14.9. The minimum Gasteiger partial charge on any atom is -0.351 e. The normalized spacial score (nSPS) is 19.9. The number of amides is 1. The molecule has 1 unspecified atom stereocenters. The quantitative estimate of drug-likeness (QED) is 0.842. The lowest BCUT2D eigenvalue weighted by Crippen LogP contribution is -2.54. The van der Waals surface area contributed by atoms with E-state index in [1.165, 1.54) is 18.4 Å². The molecule has 3 nitrogen and oxygen atoms in total. The Labute approximate surface area is 140 Å². The Bertz CT molecular complexity index is 563. The van der Waals surface area contributed by atoms with E-state index in [1.54, 1.807) is 6.08 Å². The Morgan fingerprint density at radius 2 is 2.22 bits per heavy atom. The zero-order chi connectivity index (χ0) is 16.9. The van der Waals surface area contributed by atoms with Gasteiger partial charge >= 0.3 is 0 Å². The van der Waals surface area contributed by atoms with E-state index in [1.807, 2.05) is 18.2 Å². The second-order valence-corrected chi connectivity index (χ2v) is 7.47. The molecule has 1 aromatic carbocycles. The van der Waals surface area contributed by atoms with Crippen molar-refractivity contribution in [1.82, 2.24) is 10.2 Å². The predicted octanol–water partition coefficient (Wildman–Crippen LogP) is 3.63. The van der Waals surface area contributed by atoms with Crippen LogP contribution in [0.25, 0.3) is 6.08 Å². The SMILES string of the molecule is Cc1cccc(/C=C/C(=O)NCC(C)(C)N2CCCC(C)C2)c1. The molecule has 0 spiro atoms. The van der Waals surface area contributed by atoms with Gasteiger partial charge in [-0.2, -0.15) is 0 Å². The van der Waals surface area contributed by atoms with Gasteiger partial charge in [-0.25, -0.2) is 0 Å². The molecule has 1 aliphatic heterocycles. The number of carbonyl (C=O) groups is 1. The average Bonchev–Trinajstić information content (AvgIpc) is 2.51. The molecule has 3 heteroatoms. The van der Waals surface area contributed by atoms with Crippen molar-refractivity contribution in [2.24, 2.45) is 5.92 Å². The maximum absolute atomic E-state index is 12.1. The van der Waals surface area contributed by atoms with Crippen LogP contribution < -0.4 is 5.32 Å². The molecule has 0 bridgehead atoms. The highest BCUT2D eigenvalue weighted by molar-refractivity contribution is 5.91. The first-order valence-corrected chi connectivity index (χ1v) is 8.64. The Kier molecular flexibility index (Phi) is 6.00. The monoisotopic (exact) mass is 314 g/mol. The fourth-order valence-corrected chi connectivity index (χ4v) is 3.16. The van der Waals surface area contributed by atoms with Gasteiger partial charge in [0.15, 0.2) is 0 Å². The summed E-state index contributed by atoms with van der Waals surface area (Å²) >= 11 is 0. The lowest BCUT2D eigenvalue weighted by atomic mass is 9.93. The third-order valence-electron chi connectivity index (χ3n) is 4.68. The van der Waals surface area contributed by atoms with Crippen LogP contribution in [0.4, 0.5) is 0 Å². The largest absolute Gasteiger partial charge is 0.351 e. The van der Waals surface area contributed by atoms with Crippen molar-refractivity contribution in [3.8, 4) is 0 Å². The van der Waals surface area contributed by atoms with E-state index in [4.69, 9.17) is 0 Å². The number of hydrogen-bond acceptors (Lipinski definition) is 2. The van der Waals surface area contributed by atoms with Crippen LogP contribution in [0.3, 0.4) is 0 Å². The van der Waals surface area contributed by atoms with E-state index in [0.717, 1.165) is 24.6 Å². The second kappa shape index (κ2) is 7.78. The summed E-state index contributed by atoms with van der Waals surface area (Å²) in [5, 5.41) is 3.05. The molecule has 23 heavy (non-hydrogen) atoms. The second-order valence-electron chi connectivity index (χ2n) is 7.47. The Morgan fingerprint density at radius 1 is 1.43 bits per heavy atom. The van der Waals surface area contributed by atoms with Gasteiger partial charge in [-0.1, -0.05) is 36.8 Å². The van der Waals surface area contributed by atoms with E-state index in [0.29, 0.717) is 6.54 Å². The van der Waals surface area contributed by atoms with Gasteiger partial charge in [0.25, 0.3) is 0 Å². The summed E-state index contributed by atoms with van der Waals surface area (Å²) in [6.07, 6.45) is 6.08. The van der Waals surface area contributed by atoms with Crippen molar-refractivity contribution < 1.29 is 4.79 Å². The van der Waals surface area contributed by atoms with Crippen LogP contribution in [-0.2, 0) is 4.79 Å². The Balaban J connectivity index is 1.85. The number of benzene rings is 1. The molecule has 1 atom stereocenters. The van der Waals surface area contributed by atoms with Gasteiger partial charge < -0.3 is 5.32 Å². The molecule has 126 valence electrons. The highest BCUT2D eigenvalue weighted by atomic mass is 16.1. The van der Waals surface area contributed by atoms with Crippen LogP contribution in [0.5, 0.6) is 0 Å². The summed E-state index contributed by atoms with van der Waals surface area (Å²) in [7, 11) is 0. The molecule has 0 radical (unpaired) electrons. The number of carbonyl (C=O) groups excluding carboxylic acids is 1. The van der Waals surface area contributed by atoms with Crippen LogP contribution >= 0.6 is 0 Å². The van der Waals surface area contributed by atoms with E-state index in [-0.39, 0.29) is 11.4 Å². The maximum Gasteiger partial charge on any atom is 0.244 e. The van der Waals surface area contributed by atoms with Crippen LogP contribution in [0.1, 0.15) is 44.7 Å². The van der Waals surface area contributed by atoms with Crippen LogP contribution in [-0.4, -0.2) is 36.0 Å². The van der Waals surface area contributed by atoms with Crippen LogP contribution in [0.2, 0.25) is 0 Å². The average molecular weight is 314 g/mol. The minimum atomic E-state index is -0.0235. The highest BCUT2D eigenvalue weighted by Gasteiger charge is 2.30. The van der Waals surface area contributed by atoms with Crippen LogP contribution in [0.15, 0.2) is 30.3 Å². The molecule has 0 aliphatic carbocycles. The van der Waals surface area contributed by atoms with E-state index in [2.05, 4.69) is 50.0 Å². The minimum absolute atomic E-state index is 0.00150. The molecule has 0 aromatic heterocycles. The molecule has 1 aliphatic rings. The molecule has 1 amide bonds. The molecule has 1 heterocycles. The Morgan fingerprint density at radius 3 is 2.91 bits per heavy atom. The predicted molar refractivity (Wildman–Crippen MR) is 97.3 cm³/mol. The summed E-state index contributed by atoms with van der Waals surface area (Å²) in [5.41, 5.74) is 2.26. The van der Waals surface area contributed by atoms with Gasteiger partial charge in [0, 0.05) is 24.7 Å². The summed E-state index contributed by atoms with van der Waals surface area (Å²) in [6.45, 7) is 11.7. The molecule has 1 saturated heterocycles. The van der Waals surface area contributed by atoms with Crippen molar-refractivity contribution in [3.63, 3.8) is 0 Å². The number of aryl methyl sites for hydroxylation is 1. The topological polar surface area (TPSA) is 32.3 Å². The van der Waals surface area contributed by atoms with E-state index < -0.39 is 0 Å². The smallest absolute Gasteiger partial charge is 0.244 e. The third kappa shape index (κ3) is 5.51. The first-order chi connectivity index (χ1) is 10.9. The van der Waals surface area contributed by atoms with E-state index >= 15 is 0 Å². The zero-order valence-corrected chi connectivity index (χ0v) is 14.9. The first-order valence-electron chi connectivity index (χ1n) is 8.64. The number of piperidine rings is 1. The van der Waals surface area contributed by atoms with Crippen molar-refractivity contribution in [2.75, 3.05) is 19.6 Å². The number of rotatable bonds is 5. The van der Waals surface area contributed by atoms with Crippen LogP contribution in [0, 0.1) is 12.8 Å². The van der Waals surface area contributed by atoms with Gasteiger partial charge in [-0.3, -0.25) is 9.69 Å². The molecule has 1 N–H and O–H groups in total. The number of nitrogens with one attached hydrogen (secondary N) is 1. The van der Waals surface area contributed by atoms with Gasteiger partial charge in [-0.05, 0) is 57.7 Å². The fraction of sp³-hybridized carbons (Fsp3) is 0.550. The highest BCUT2D eigenvalue weighted by Crippen LogP contribution is 2.23. The summed E-state index contributed by atoms with van der Waals surface area (Å²) in [4.78, 5) is 14.6. The van der Waals surface area contributed by atoms with Gasteiger partial charge in [0.05, 0.1) is 0 Å². The Hall–Kier alpha value is -1.61. The molecule has 0 saturated carbocycles. The summed E-state index contributed by atoms with van der Waals surface area (Å²) in [5.74, 6) is 0.726. The van der Waals surface area contributed by atoms with Crippen molar-refractivity contribution in [2.45, 2.75) is 46.1 Å². The van der Waals surface area contributed by atoms with E-state index in [9.17, 15) is 4.79 Å². The maximum atomic E-state index is 12.1. The number of hydrogen-bond donors (Lipinski definition) is 1. The third-order valence-corrected chi connectivity index (χ3v) is 4.68. The lowest BCUT2D eigenvalue weighted by Gasteiger charge is -2.43. The summed E-state index contributed by atoms with van der Waals surface area (Å²) in [6, 6.07) is 8.14. The molecule has 1 fully saturated rings. The standard InChI is InChI=1S/C20H30N2O/c1-16-7-5-9-18(13-16)10-11-19(23)21-15-20(3,4)22-12-6-8-17(2)14-22/h5,7,9-11,13,17H,6,8,12,14-15H2,1-4H3,(H,21,23)/b11-10+. The van der Waals surface area contributed by atoms with Crippen molar-refractivity contribution >= 4 is 12.0 Å². The summed E-state index contributed by atoms with van der Waals surface area (Å²) < 4.78 is 0. The van der Waals surface area contributed by atoms with Crippen molar-refractivity contribution in [1.29, 1.82) is 0 Å². The first kappa shape index (κ1) is 17.7. The molecule has 1 aromatic rings. The van der Waals surface area contributed by atoms with Crippen molar-refractivity contribution in [3.05, 3.63) is 41.5 Å². The molecule has 2 rings (SSSR count). The van der Waals surface area contributed by atoms with Gasteiger partial charge in [0.1, 0.15) is 0 Å². The lowest BCUT2D eigenvalue weighted by molar-refractivity contribution is -0.117. The fourth-order valence-electron chi connectivity index (χ4n) is 3.16. The number of nitrogens with zero attached hydrogens (tertiary/aromatic N) is 1. The molecular weight excluding hydrogens is 284 g/mol. The number of likely N-dealkylation sites (tertiary alicyclic amines) is 1. The van der Waals surface area contributed by atoms with Gasteiger partial charge in [-0.15, -0.1) is 0 Å². The molecular formula is C20H30N2O.